The molecule has 9 heteroatoms. The summed E-state index contributed by atoms with van der Waals surface area (Å²) >= 11 is 0. The number of alkyl halides is 3. The maximum absolute atomic E-state index is 13.1. The molecule has 0 aliphatic carbocycles. The number of hydrogen-bond acceptors (Lipinski definition) is 3. The number of nitrogens with one attached hydrogen (secondary N) is 1. The van der Waals surface area contributed by atoms with E-state index in [-0.39, 0.29) is 6.04 Å². The molecule has 0 radical (unpaired) electrons. The van der Waals surface area contributed by atoms with Gasteiger partial charge in [-0.3, -0.25) is 4.79 Å². The third kappa shape index (κ3) is 4.43. The molecule has 0 bridgehead atoms. The van der Waals surface area contributed by atoms with Gasteiger partial charge in [-0.15, -0.1) is 0 Å². The van der Waals surface area contributed by atoms with Gasteiger partial charge in [0.15, 0.2) is 9.73 Å². The Kier molecular flexibility index (Phi) is 5.92. The summed E-state index contributed by atoms with van der Waals surface area (Å²) in [6.45, 7) is 2.58. The summed E-state index contributed by atoms with van der Waals surface area (Å²) in [5, 5.41) is 2.43. The lowest BCUT2D eigenvalue weighted by Crippen LogP contribution is -2.34. The fourth-order valence-electron chi connectivity index (χ4n) is 1.47. The second-order valence-corrected chi connectivity index (χ2v) is 6.83. The zero-order chi connectivity index (χ0) is 17.0. The van der Waals surface area contributed by atoms with Crippen LogP contribution in [0.2, 0.25) is 0 Å². The Bertz CT molecular complexity index is 634. The van der Waals surface area contributed by atoms with Gasteiger partial charge >= 0.3 is 5.51 Å². The van der Waals surface area contributed by atoms with Gasteiger partial charge in [0, 0.05) is 6.04 Å². The third-order valence-corrected chi connectivity index (χ3v) is 4.89. The lowest BCUT2D eigenvalue weighted by molar-refractivity contribution is -0.120. The summed E-state index contributed by atoms with van der Waals surface area (Å²) in [6.07, 6.45) is 0.596. The van der Waals surface area contributed by atoms with Crippen LogP contribution < -0.4 is 5.32 Å². The standard InChI is InChI=1S/C13H16F4N2O2S/c1-3-9(2)19-12(20)8-18-22(21,13(15,16)17)11-6-4-10(14)5-7-11/h4-7,9H,3,8H2,1-2H3,(H,19,20)/t9-,22+/m1/s1. The molecule has 1 N–H and O–H groups in total. The van der Waals surface area contributed by atoms with Crippen LogP contribution >= 0.6 is 0 Å². The van der Waals surface area contributed by atoms with E-state index in [9.17, 15) is 26.6 Å². The second-order valence-electron chi connectivity index (χ2n) is 4.59. The Balaban J connectivity index is 3.13. The molecule has 124 valence electrons. The van der Waals surface area contributed by atoms with Gasteiger partial charge in [-0.05, 0) is 37.6 Å². The van der Waals surface area contributed by atoms with Gasteiger partial charge in [-0.2, -0.15) is 13.2 Å². The van der Waals surface area contributed by atoms with Crippen molar-refractivity contribution in [2.24, 2.45) is 4.36 Å². The summed E-state index contributed by atoms with van der Waals surface area (Å²) in [4.78, 5) is 10.8. The van der Waals surface area contributed by atoms with Crippen molar-refractivity contribution in [3.05, 3.63) is 30.1 Å². The number of hydrogen-bond donors (Lipinski definition) is 1. The van der Waals surface area contributed by atoms with E-state index in [1.807, 2.05) is 0 Å². The Morgan fingerprint density at radius 2 is 1.86 bits per heavy atom. The monoisotopic (exact) mass is 340 g/mol. The minimum atomic E-state index is -5.17. The maximum Gasteiger partial charge on any atom is 0.483 e. The highest BCUT2D eigenvalue weighted by molar-refractivity contribution is 7.94. The SMILES string of the molecule is CC[C@@H](C)NC(=O)CN=[S@](=O)(c1ccc(F)cc1)C(F)(F)F. The van der Waals surface area contributed by atoms with Gasteiger partial charge < -0.3 is 5.32 Å². The maximum atomic E-state index is 13.1. The van der Waals surface area contributed by atoms with Gasteiger partial charge in [0.05, 0.1) is 4.90 Å². The van der Waals surface area contributed by atoms with Gasteiger partial charge in [-0.1, -0.05) is 6.92 Å². The van der Waals surface area contributed by atoms with Crippen LogP contribution in [-0.4, -0.2) is 28.2 Å². The number of halogens is 4. The molecule has 0 saturated heterocycles. The van der Waals surface area contributed by atoms with E-state index in [2.05, 4.69) is 9.68 Å². The Hall–Kier alpha value is -1.64. The zero-order valence-electron chi connectivity index (χ0n) is 12.0. The predicted molar refractivity (Wildman–Crippen MR) is 74.1 cm³/mol. The molecular weight excluding hydrogens is 324 g/mol. The molecule has 22 heavy (non-hydrogen) atoms. The van der Waals surface area contributed by atoms with E-state index in [0.717, 1.165) is 24.3 Å². The van der Waals surface area contributed by atoms with Crippen molar-refractivity contribution in [2.75, 3.05) is 6.54 Å². The Morgan fingerprint density at radius 3 is 2.32 bits per heavy atom. The summed E-state index contributed by atoms with van der Waals surface area (Å²) < 4.78 is 67.3. The largest absolute Gasteiger partial charge is 0.483 e. The molecule has 0 saturated carbocycles. The van der Waals surface area contributed by atoms with Crippen LogP contribution in [0, 0.1) is 5.82 Å². The minimum absolute atomic E-state index is 0.226. The fourth-order valence-corrected chi connectivity index (χ4v) is 2.84. The van der Waals surface area contributed by atoms with Crippen LogP contribution in [0.3, 0.4) is 0 Å². The third-order valence-electron chi connectivity index (χ3n) is 2.86. The molecule has 1 rings (SSSR count). The summed E-state index contributed by atoms with van der Waals surface area (Å²) in [7, 11) is -4.84. The number of benzene rings is 1. The molecule has 1 aromatic rings. The van der Waals surface area contributed by atoms with Crippen LogP contribution in [0.15, 0.2) is 33.5 Å². The fraction of sp³-hybridized carbons (Fsp3) is 0.462. The molecular formula is C13H16F4N2O2S. The van der Waals surface area contributed by atoms with Crippen molar-refractivity contribution in [2.45, 2.75) is 36.7 Å². The average molecular weight is 340 g/mol. The molecule has 0 spiro atoms. The van der Waals surface area contributed by atoms with E-state index >= 15 is 0 Å². The van der Waals surface area contributed by atoms with Crippen LogP contribution in [0.1, 0.15) is 20.3 Å². The van der Waals surface area contributed by atoms with Crippen molar-refractivity contribution in [1.82, 2.24) is 5.32 Å². The normalized spacial score (nSPS) is 15.7. The highest BCUT2D eigenvalue weighted by Crippen LogP contribution is 2.32. The number of nitrogens with zero attached hydrogens (tertiary/aromatic N) is 1. The summed E-state index contributed by atoms with van der Waals surface area (Å²) in [6, 6.07) is 2.79. The molecule has 4 nitrogen and oxygen atoms in total. The van der Waals surface area contributed by atoms with Crippen molar-refractivity contribution in [3.8, 4) is 0 Å². The topological polar surface area (TPSA) is 58.5 Å². The first-order valence-electron chi connectivity index (χ1n) is 6.44. The molecule has 0 aliphatic rings. The summed E-state index contributed by atoms with van der Waals surface area (Å²) in [5.74, 6) is -1.52. The molecule has 2 atom stereocenters. The number of rotatable bonds is 5. The van der Waals surface area contributed by atoms with E-state index in [0.29, 0.717) is 6.42 Å². The molecule has 0 aromatic heterocycles. The van der Waals surface area contributed by atoms with Crippen LogP contribution in [-0.2, 0) is 14.5 Å². The van der Waals surface area contributed by atoms with Gasteiger partial charge in [0.25, 0.3) is 0 Å². The van der Waals surface area contributed by atoms with Crippen LogP contribution in [0.4, 0.5) is 17.6 Å². The van der Waals surface area contributed by atoms with Crippen molar-refractivity contribution >= 4 is 15.6 Å². The first kappa shape index (κ1) is 18.4. The minimum Gasteiger partial charge on any atom is -0.352 e. The number of carbonyl (C=O) groups excluding carboxylic acids is 1. The zero-order valence-corrected chi connectivity index (χ0v) is 12.8. The van der Waals surface area contributed by atoms with Gasteiger partial charge in [-0.25, -0.2) is 13.0 Å². The van der Waals surface area contributed by atoms with Crippen LogP contribution in [0.5, 0.6) is 0 Å². The van der Waals surface area contributed by atoms with E-state index in [4.69, 9.17) is 0 Å². The molecule has 0 aliphatic heterocycles. The van der Waals surface area contributed by atoms with Crippen molar-refractivity contribution in [1.29, 1.82) is 0 Å². The molecule has 1 amide bonds. The summed E-state index contributed by atoms with van der Waals surface area (Å²) in [5.41, 5.74) is -5.17. The molecule has 0 heterocycles. The van der Waals surface area contributed by atoms with Gasteiger partial charge in [0.1, 0.15) is 12.4 Å². The highest BCUT2D eigenvalue weighted by atomic mass is 32.2. The number of carbonyl (C=O) groups is 1. The first-order chi connectivity index (χ1) is 10.1. The van der Waals surface area contributed by atoms with Crippen LogP contribution in [0.25, 0.3) is 0 Å². The number of amides is 1. The first-order valence-corrected chi connectivity index (χ1v) is 7.96. The quantitative estimate of drug-likeness (QED) is 0.838. The predicted octanol–water partition coefficient (Wildman–Crippen LogP) is 3.09. The van der Waals surface area contributed by atoms with E-state index in [1.54, 1.807) is 13.8 Å². The molecule has 0 fully saturated rings. The van der Waals surface area contributed by atoms with E-state index < -0.39 is 38.4 Å². The average Bonchev–Trinajstić information content (AvgIpc) is 2.44. The lowest BCUT2D eigenvalue weighted by atomic mass is 10.2. The highest BCUT2D eigenvalue weighted by Gasteiger charge is 2.44. The molecule has 0 unspecified atom stereocenters. The Morgan fingerprint density at radius 1 is 1.32 bits per heavy atom. The lowest BCUT2D eigenvalue weighted by Gasteiger charge is -2.15. The van der Waals surface area contributed by atoms with Crippen molar-refractivity contribution in [3.63, 3.8) is 0 Å². The van der Waals surface area contributed by atoms with E-state index in [1.165, 1.54) is 0 Å². The van der Waals surface area contributed by atoms with Gasteiger partial charge in [0.2, 0.25) is 5.91 Å². The Labute approximate surface area is 126 Å². The molecule has 1 aromatic carbocycles. The smallest absolute Gasteiger partial charge is 0.352 e. The second kappa shape index (κ2) is 7.08. The van der Waals surface area contributed by atoms with Crippen molar-refractivity contribution < 1.29 is 26.6 Å².